The van der Waals surface area contributed by atoms with E-state index in [2.05, 4.69) is 4.72 Å². The van der Waals surface area contributed by atoms with Gasteiger partial charge in [0.15, 0.2) is 0 Å². The molecule has 0 aromatic carbocycles. The molecule has 0 radical (unpaired) electrons. The van der Waals surface area contributed by atoms with Gasteiger partial charge in [-0.3, -0.25) is 4.79 Å². The van der Waals surface area contributed by atoms with E-state index in [9.17, 15) is 13.2 Å². The second kappa shape index (κ2) is 4.09. The Kier molecular flexibility index (Phi) is 3.93. The molecule has 0 aliphatic rings. The van der Waals surface area contributed by atoms with Crippen molar-refractivity contribution in [2.45, 2.75) is 47.1 Å². The number of rotatable bonds is 2. The van der Waals surface area contributed by atoms with E-state index in [-0.39, 0.29) is 0 Å². The number of carbonyl (C=O) groups is 1. The molecule has 15 heavy (non-hydrogen) atoms. The van der Waals surface area contributed by atoms with Gasteiger partial charge >= 0.3 is 10.2 Å². The lowest BCUT2D eigenvalue weighted by molar-refractivity contribution is -0.126. The maximum Gasteiger partial charge on any atom is 0.301 e. The third-order valence-electron chi connectivity index (χ3n) is 1.35. The van der Waals surface area contributed by atoms with Crippen LogP contribution < -0.4 is 9.44 Å². The Hall–Kier alpha value is -0.620. The first-order valence-electron chi connectivity index (χ1n) is 4.70. The third-order valence-corrected chi connectivity index (χ3v) is 2.68. The van der Waals surface area contributed by atoms with E-state index in [1.165, 1.54) is 0 Å². The summed E-state index contributed by atoms with van der Waals surface area (Å²) in [5.41, 5.74) is -1.34. The third kappa shape index (κ3) is 6.46. The minimum Gasteiger partial charge on any atom is -0.273 e. The van der Waals surface area contributed by atoms with Gasteiger partial charge in [-0.25, -0.2) is 4.72 Å². The van der Waals surface area contributed by atoms with Gasteiger partial charge < -0.3 is 0 Å². The van der Waals surface area contributed by atoms with E-state index in [0.717, 1.165) is 0 Å². The summed E-state index contributed by atoms with van der Waals surface area (Å²) in [6.45, 7) is 10.0. The molecule has 0 aliphatic heterocycles. The van der Waals surface area contributed by atoms with E-state index in [0.29, 0.717) is 0 Å². The molecule has 0 aromatic heterocycles. The highest BCUT2D eigenvalue weighted by molar-refractivity contribution is 7.88. The maximum atomic E-state index is 11.5. The molecule has 0 bridgehead atoms. The van der Waals surface area contributed by atoms with Crippen LogP contribution in [-0.2, 0) is 15.0 Å². The molecule has 0 saturated carbocycles. The Morgan fingerprint density at radius 1 is 1.00 bits per heavy atom. The molecule has 2 N–H and O–H groups in total. The van der Waals surface area contributed by atoms with Crippen molar-refractivity contribution in [3.05, 3.63) is 0 Å². The summed E-state index contributed by atoms with van der Waals surface area (Å²) in [5.74, 6) is -0.528. The molecule has 0 saturated heterocycles. The van der Waals surface area contributed by atoms with Crippen molar-refractivity contribution in [1.29, 1.82) is 0 Å². The zero-order valence-electron chi connectivity index (χ0n) is 10.1. The first-order chi connectivity index (χ1) is 6.33. The largest absolute Gasteiger partial charge is 0.301 e. The molecule has 0 fully saturated rings. The van der Waals surface area contributed by atoms with Gasteiger partial charge in [-0.2, -0.15) is 13.1 Å². The van der Waals surface area contributed by atoms with Crippen molar-refractivity contribution >= 4 is 16.1 Å². The fourth-order valence-electron chi connectivity index (χ4n) is 0.704. The number of amides is 1. The van der Waals surface area contributed by atoms with Crippen molar-refractivity contribution in [2.24, 2.45) is 5.41 Å². The molecule has 0 spiro atoms. The van der Waals surface area contributed by atoms with Crippen molar-refractivity contribution in [1.82, 2.24) is 9.44 Å². The molecular formula is C9H20N2O3S. The normalized spacial score (nSPS) is 13.7. The topological polar surface area (TPSA) is 75.3 Å². The highest BCUT2D eigenvalue weighted by atomic mass is 32.2. The van der Waals surface area contributed by atoms with Gasteiger partial charge in [-0.1, -0.05) is 20.8 Å². The predicted octanol–water partition coefficient (Wildman–Crippen LogP) is 0.782. The summed E-state index contributed by atoms with van der Waals surface area (Å²) in [7, 11) is -3.77. The second-order valence-corrected chi connectivity index (χ2v) is 6.95. The summed E-state index contributed by atoms with van der Waals surface area (Å²) in [6.07, 6.45) is 0. The fourth-order valence-corrected chi connectivity index (χ4v) is 2.11. The molecule has 5 nitrogen and oxygen atoms in total. The number of hydrogen-bond acceptors (Lipinski definition) is 3. The molecule has 0 unspecified atom stereocenters. The van der Waals surface area contributed by atoms with Gasteiger partial charge in [0.25, 0.3) is 0 Å². The Bertz CT molecular complexity index is 333. The molecule has 0 atom stereocenters. The summed E-state index contributed by atoms with van der Waals surface area (Å²) >= 11 is 0. The first kappa shape index (κ1) is 14.4. The molecule has 90 valence electrons. The molecule has 6 heteroatoms. The molecular weight excluding hydrogens is 216 g/mol. The zero-order valence-corrected chi connectivity index (χ0v) is 10.9. The van der Waals surface area contributed by atoms with Crippen LogP contribution >= 0.6 is 0 Å². The summed E-state index contributed by atoms with van der Waals surface area (Å²) < 4.78 is 27.2. The average molecular weight is 236 g/mol. The van der Waals surface area contributed by atoms with Crippen LogP contribution in [0.5, 0.6) is 0 Å². The number of hydrogen-bond donors (Lipinski definition) is 2. The van der Waals surface area contributed by atoms with Crippen LogP contribution in [0.4, 0.5) is 0 Å². The van der Waals surface area contributed by atoms with Crippen LogP contribution in [-0.4, -0.2) is 19.9 Å². The zero-order chi connectivity index (χ0) is 12.5. The standard InChI is InChI=1S/C9H20N2O3S/c1-8(2,3)7(12)10-15(13,14)11-9(4,5)6/h11H,1-6H3,(H,10,12). The minimum absolute atomic E-state index is 0.528. The van der Waals surface area contributed by atoms with Gasteiger partial charge in [0.05, 0.1) is 0 Å². The first-order valence-corrected chi connectivity index (χ1v) is 6.18. The predicted molar refractivity (Wildman–Crippen MR) is 59.4 cm³/mol. The Morgan fingerprint density at radius 2 is 1.40 bits per heavy atom. The van der Waals surface area contributed by atoms with Crippen LogP contribution in [0.2, 0.25) is 0 Å². The fraction of sp³-hybridized carbons (Fsp3) is 0.889. The SMILES string of the molecule is CC(C)(C)NS(=O)(=O)NC(=O)C(C)(C)C. The van der Waals surface area contributed by atoms with Gasteiger partial charge in [-0.05, 0) is 20.8 Å². The lowest BCUT2D eigenvalue weighted by atomic mass is 9.96. The molecule has 0 aromatic rings. The van der Waals surface area contributed by atoms with Crippen molar-refractivity contribution in [3.8, 4) is 0 Å². The summed E-state index contributed by atoms with van der Waals surface area (Å²) in [6, 6.07) is 0. The highest BCUT2D eigenvalue weighted by Gasteiger charge is 2.28. The van der Waals surface area contributed by atoms with Crippen LogP contribution in [0.15, 0.2) is 0 Å². The molecule has 0 heterocycles. The smallest absolute Gasteiger partial charge is 0.273 e. The molecule has 1 amide bonds. The quantitative estimate of drug-likeness (QED) is 0.744. The van der Waals surface area contributed by atoms with Gasteiger partial charge in [0.1, 0.15) is 0 Å². The maximum absolute atomic E-state index is 11.5. The van der Waals surface area contributed by atoms with Crippen LogP contribution in [0.3, 0.4) is 0 Å². The average Bonchev–Trinajstić information content (AvgIpc) is 1.76. The van der Waals surface area contributed by atoms with E-state index in [4.69, 9.17) is 0 Å². The number of carbonyl (C=O) groups excluding carboxylic acids is 1. The minimum atomic E-state index is -3.77. The van der Waals surface area contributed by atoms with Crippen LogP contribution in [0.25, 0.3) is 0 Å². The lowest BCUT2D eigenvalue weighted by Gasteiger charge is -2.23. The monoisotopic (exact) mass is 236 g/mol. The molecule has 0 rings (SSSR count). The van der Waals surface area contributed by atoms with Crippen molar-refractivity contribution in [2.75, 3.05) is 0 Å². The second-order valence-electron chi connectivity index (χ2n) is 5.54. The lowest BCUT2D eigenvalue weighted by Crippen LogP contribution is -2.50. The van der Waals surface area contributed by atoms with Crippen LogP contribution in [0, 0.1) is 5.41 Å². The van der Waals surface area contributed by atoms with Crippen LogP contribution in [0.1, 0.15) is 41.5 Å². The Morgan fingerprint density at radius 3 is 1.67 bits per heavy atom. The van der Waals surface area contributed by atoms with E-state index in [1.54, 1.807) is 41.5 Å². The van der Waals surface area contributed by atoms with Gasteiger partial charge in [0, 0.05) is 11.0 Å². The van der Waals surface area contributed by atoms with Crippen molar-refractivity contribution in [3.63, 3.8) is 0 Å². The number of nitrogens with one attached hydrogen (secondary N) is 2. The van der Waals surface area contributed by atoms with Gasteiger partial charge in [0.2, 0.25) is 5.91 Å². The van der Waals surface area contributed by atoms with E-state index < -0.39 is 27.1 Å². The van der Waals surface area contributed by atoms with Gasteiger partial charge in [-0.15, -0.1) is 0 Å². The summed E-state index contributed by atoms with van der Waals surface area (Å²) in [5, 5.41) is 0. The highest BCUT2D eigenvalue weighted by Crippen LogP contribution is 2.13. The van der Waals surface area contributed by atoms with Crippen molar-refractivity contribution < 1.29 is 13.2 Å². The Labute approximate surface area is 91.8 Å². The Balaban J connectivity index is 4.62. The van der Waals surface area contributed by atoms with E-state index >= 15 is 0 Å². The summed E-state index contributed by atoms with van der Waals surface area (Å²) in [4.78, 5) is 11.4. The molecule has 0 aliphatic carbocycles. The van der Waals surface area contributed by atoms with E-state index in [1.807, 2.05) is 4.72 Å².